The number of anilines is 1. The molecule has 2 N–H and O–H groups in total. The molecule has 0 aliphatic carbocycles. The van der Waals surface area contributed by atoms with Crippen LogP contribution in [0.4, 0.5) is 5.69 Å². The van der Waals surface area contributed by atoms with Gasteiger partial charge in [-0.1, -0.05) is 24.0 Å². The fraction of sp³-hybridized carbons (Fsp3) is 0.308. The molecule has 1 atom stereocenters. The van der Waals surface area contributed by atoms with E-state index in [-0.39, 0.29) is 18.2 Å². The number of benzene rings is 1. The first-order valence-electron chi connectivity index (χ1n) is 6.07. The van der Waals surface area contributed by atoms with Gasteiger partial charge >= 0.3 is 0 Å². The van der Waals surface area contributed by atoms with Crippen molar-refractivity contribution in [2.24, 2.45) is 0 Å². The lowest BCUT2D eigenvalue weighted by Gasteiger charge is -2.12. The number of methoxy groups -OCH3 is 2. The Labute approximate surface area is 131 Å². The summed E-state index contributed by atoms with van der Waals surface area (Å²) in [7, 11) is 3.05. The summed E-state index contributed by atoms with van der Waals surface area (Å²) in [6.07, 6.45) is 0.0474. The van der Waals surface area contributed by atoms with Crippen molar-refractivity contribution in [3.8, 4) is 11.5 Å². The molecule has 112 valence electrons. The van der Waals surface area contributed by atoms with Crippen LogP contribution in [0.3, 0.4) is 0 Å². The van der Waals surface area contributed by atoms with E-state index in [2.05, 4.69) is 10.6 Å². The molecular formula is C13H14N2O4S2. The van der Waals surface area contributed by atoms with Gasteiger partial charge < -0.3 is 20.1 Å². The number of hydrogen-bond donors (Lipinski definition) is 2. The van der Waals surface area contributed by atoms with Crippen LogP contribution >= 0.6 is 24.0 Å². The first-order chi connectivity index (χ1) is 10.0. The van der Waals surface area contributed by atoms with Crippen molar-refractivity contribution in [3.63, 3.8) is 0 Å². The predicted octanol–water partition coefficient (Wildman–Crippen LogP) is 1.55. The van der Waals surface area contributed by atoms with Crippen molar-refractivity contribution in [3.05, 3.63) is 18.2 Å². The quantitative estimate of drug-likeness (QED) is 0.800. The zero-order chi connectivity index (χ0) is 15.4. The standard InChI is InChI=1S/C13H14N2O4S2/c1-18-7-3-4-8(9(5-7)19-2)14-11(16)6-10-12(17)15-13(20)21-10/h3-5,10H,6H2,1-2H3,(H,14,16)(H,15,17,20)/t10-/m0/s1. The van der Waals surface area contributed by atoms with Crippen molar-refractivity contribution in [2.45, 2.75) is 11.7 Å². The lowest BCUT2D eigenvalue weighted by molar-refractivity contribution is -0.122. The average Bonchev–Trinajstić information content (AvgIpc) is 2.77. The van der Waals surface area contributed by atoms with E-state index in [1.165, 1.54) is 18.9 Å². The van der Waals surface area contributed by atoms with Crippen molar-refractivity contribution in [1.82, 2.24) is 5.32 Å². The Bertz CT molecular complexity index is 592. The van der Waals surface area contributed by atoms with Gasteiger partial charge in [-0.25, -0.2) is 0 Å². The minimum Gasteiger partial charge on any atom is -0.497 e. The third kappa shape index (κ3) is 3.85. The summed E-state index contributed by atoms with van der Waals surface area (Å²) in [4.78, 5) is 23.5. The van der Waals surface area contributed by atoms with Crippen LogP contribution in [-0.2, 0) is 9.59 Å². The van der Waals surface area contributed by atoms with Gasteiger partial charge in [0.25, 0.3) is 0 Å². The fourth-order valence-electron chi connectivity index (χ4n) is 1.80. The lowest BCUT2D eigenvalue weighted by Crippen LogP contribution is -2.27. The molecule has 0 aromatic heterocycles. The van der Waals surface area contributed by atoms with Crippen LogP contribution in [0, 0.1) is 0 Å². The van der Waals surface area contributed by atoms with Gasteiger partial charge in [-0.2, -0.15) is 0 Å². The Morgan fingerprint density at radius 1 is 1.43 bits per heavy atom. The first-order valence-corrected chi connectivity index (χ1v) is 7.35. The summed E-state index contributed by atoms with van der Waals surface area (Å²) in [6, 6.07) is 5.06. The minimum absolute atomic E-state index is 0.0474. The van der Waals surface area contributed by atoms with E-state index in [4.69, 9.17) is 21.7 Å². The maximum absolute atomic E-state index is 12.0. The molecule has 0 bridgehead atoms. The van der Waals surface area contributed by atoms with Crippen LogP contribution < -0.4 is 20.1 Å². The molecular weight excluding hydrogens is 312 g/mol. The van der Waals surface area contributed by atoms with Gasteiger partial charge in [-0.3, -0.25) is 9.59 Å². The zero-order valence-corrected chi connectivity index (χ0v) is 13.1. The molecule has 0 saturated carbocycles. The molecule has 2 rings (SSSR count). The van der Waals surface area contributed by atoms with Crippen LogP contribution in [-0.4, -0.2) is 35.6 Å². The summed E-state index contributed by atoms with van der Waals surface area (Å²) in [5, 5.41) is 4.74. The highest BCUT2D eigenvalue weighted by molar-refractivity contribution is 8.24. The van der Waals surface area contributed by atoms with E-state index in [0.717, 1.165) is 0 Å². The van der Waals surface area contributed by atoms with Crippen molar-refractivity contribution in [1.29, 1.82) is 0 Å². The van der Waals surface area contributed by atoms with E-state index in [1.54, 1.807) is 25.3 Å². The van der Waals surface area contributed by atoms with E-state index in [1.807, 2.05) is 0 Å². The Balaban J connectivity index is 2.02. The molecule has 1 saturated heterocycles. The second kappa shape index (κ2) is 6.77. The maximum atomic E-state index is 12.0. The second-order valence-electron chi connectivity index (χ2n) is 4.20. The Morgan fingerprint density at radius 3 is 2.76 bits per heavy atom. The average molecular weight is 326 g/mol. The van der Waals surface area contributed by atoms with Gasteiger partial charge in [-0.05, 0) is 12.1 Å². The summed E-state index contributed by atoms with van der Waals surface area (Å²) in [5.74, 6) is 0.598. The Morgan fingerprint density at radius 2 is 2.19 bits per heavy atom. The number of thioether (sulfide) groups is 1. The van der Waals surface area contributed by atoms with Crippen LogP contribution in [0.2, 0.25) is 0 Å². The van der Waals surface area contributed by atoms with Crippen molar-refractivity contribution < 1.29 is 19.1 Å². The molecule has 2 amide bonds. The number of nitrogens with one attached hydrogen (secondary N) is 2. The fourth-order valence-corrected chi connectivity index (χ4v) is 3.07. The number of carbonyl (C=O) groups is 2. The Hall–Kier alpha value is -1.80. The first kappa shape index (κ1) is 15.6. The zero-order valence-electron chi connectivity index (χ0n) is 11.5. The largest absolute Gasteiger partial charge is 0.497 e. The third-order valence-electron chi connectivity index (χ3n) is 2.82. The highest BCUT2D eigenvalue weighted by atomic mass is 32.2. The number of rotatable bonds is 5. The molecule has 6 nitrogen and oxygen atoms in total. The Kier molecular flexibility index (Phi) is 5.03. The number of ether oxygens (including phenoxy) is 2. The van der Waals surface area contributed by atoms with Crippen LogP contribution in [0.1, 0.15) is 6.42 Å². The summed E-state index contributed by atoms with van der Waals surface area (Å²) in [6.45, 7) is 0. The molecule has 1 heterocycles. The lowest BCUT2D eigenvalue weighted by atomic mass is 10.2. The van der Waals surface area contributed by atoms with Crippen molar-refractivity contribution >= 4 is 45.8 Å². The topological polar surface area (TPSA) is 76.7 Å². The molecule has 1 aliphatic rings. The number of amides is 2. The summed E-state index contributed by atoms with van der Waals surface area (Å²) >= 11 is 6.08. The van der Waals surface area contributed by atoms with Gasteiger partial charge in [0.15, 0.2) is 0 Å². The molecule has 1 aliphatic heterocycles. The highest BCUT2D eigenvalue weighted by Crippen LogP contribution is 2.30. The van der Waals surface area contributed by atoms with Crippen molar-refractivity contribution in [2.75, 3.05) is 19.5 Å². The van der Waals surface area contributed by atoms with Crippen LogP contribution in [0.15, 0.2) is 18.2 Å². The molecule has 1 aromatic carbocycles. The highest BCUT2D eigenvalue weighted by Gasteiger charge is 2.31. The summed E-state index contributed by atoms with van der Waals surface area (Å²) < 4.78 is 10.7. The smallest absolute Gasteiger partial charge is 0.239 e. The number of thiocarbonyl (C=S) groups is 1. The van der Waals surface area contributed by atoms with Gasteiger partial charge in [0.05, 0.1) is 25.2 Å². The predicted molar refractivity (Wildman–Crippen MR) is 84.9 cm³/mol. The van der Waals surface area contributed by atoms with Gasteiger partial charge in [0, 0.05) is 12.5 Å². The van der Waals surface area contributed by atoms with Crippen LogP contribution in [0.25, 0.3) is 0 Å². The molecule has 1 aromatic rings. The van der Waals surface area contributed by atoms with Gasteiger partial charge in [0.2, 0.25) is 11.8 Å². The number of carbonyl (C=O) groups excluding carboxylic acids is 2. The molecule has 1 fully saturated rings. The van der Waals surface area contributed by atoms with E-state index in [9.17, 15) is 9.59 Å². The van der Waals surface area contributed by atoms with Crippen LogP contribution in [0.5, 0.6) is 11.5 Å². The normalized spacial score (nSPS) is 17.3. The van der Waals surface area contributed by atoms with E-state index >= 15 is 0 Å². The molecule has 0 radical (unpaired) electrons. The second-order valence-corrected chi connectivity index (χ2v) is 6.08. The number of hydrogen-bond acceptors (Lipinski definition) is 6. The summed E-state index contributed by atoms with van der Waals surface area (Å²) in [5.41, 5.74) is 0.522. The van der Waals surface area contributed by atoms with E-state index in [0.29, 0.717) is 21.5 Å². The molecule has 0 unspecified atom stereocenters. The van der Waals surface area contributed by atoms with E-state index < -0.39 is 5.25 Å². The van der Waals surface area contributed by atoms with Gasteiger partial charge in [-0.15, -0.1) is 0 Å². The third-order valence-corrected chi connectivity index (χ3v) is 4.19. The molecule has 0 spiro atoms. The molecule has 21 heavy (non-hydrogen) atoms. The maximum Gasteiger partial charge on any atom is 0.239 e. The monoisotopic (exact) mass is 326 g/mol. The molecule has 8 heteroatoms. The van der Waals surface area contributed by atoms with Gasteiger partial charge in [0.1, 0.15) is 15.8 Å². The minimum atomic E-state index is -0.484. The SMILES string of the molecule is COc1ccc(NC(=O)C[C@@H]2SC(=S)NC2=O)c(OC)c1.